The normalized spacial score (nSPS) is 15.9. The van der Waals surface area contributed by atoms with E-state index in [1.165, 1.54) is 0 Å². The largest absolute Gasteiger partial charge is 0.454 e. The third kappa shape index (κ3) is 3.25. The Balaban J connectivity index is 2.36. The minimum atomic E-state index is -4.28. The van der Waals surface area contributed by atoms with Crippen LogP contribution < -0.4 is 0 Å². The highest BCUT2D eigenvalue weighted by molar-refractivity contribution is 9.10. The summed E-state index contributed by atoms with van der Waals surface area (Å²) in [5.41, 5.74) is -0.118. The van der Waals surface area contributed by atoms with Crippen LogP contribution >= 0.6 is 26.6 Å². The summed E-state index contributed by atoms with van der Waals surface area (Å²) in [6, 6.07) is 1.69. The Bertz CT molecular complexity index is 629. The van der Waals surface area contributed by atoms with Crippen LogP contribution in [0, 0.1) is 5.82 Å². The number of hydrogen-bond acceptors (Lipinski definition) is 5. The van der Waals surface area contributed by atoms with E-state index in [0.29, 0.717) is 0 Å². The number of hydrogen-bond donors (Lipinski definition) is 0. The van der Waals surface area contributed by atoms with Gasteiger partial charge < -0.3 is 9.47 Å². The first-order valence-electron chi connectivity index (χ1n) is 5.01. The molecule has 0 spiro atoms. The minimum Gasteiger partial charge on any atom is -0.454 e. The van der Waals surface area contributed by atoms with Gasteiger partial charge >= 0.3 is 5.97 Å². The van der Waals surface area contributed by atoms with E-state index in [2.05, 4.69) is 15.9 Å². The number of halogens is 3. The van der Waals surface area contributed by atoms with Crippen molar-refractivity contribution >= 4 is 41.6 Å². The SMILES string of the molecule is O=C(OC1COC1)c1cc(S(=O)(=O)Cl)c(F)cc1Br. The Morgan fingerprint density at radius 2 is 2.11 bits per heavy atom. The molecule has 0 unspecified atom stereocenters. The molecule has 104 valence electrons. The zero-order valence-corrected chi connectivity index (χ0v) is 12.4. The van der Waals surface area contributed by atoms with Gasteiger partial charge in [0.15, 0.2) is 0 Å². The molecule has 1 heterocycles. The molecular weight excluding hydrogens is 367 g/mol. The third-order valence-corrected chi connectivity index (χ3v) is 4.38. The van der Waals surface area contributed by atoms with E-state index in [0.717, 1.165) is 12.1 Å². The fourth-order valence-corrected chi connectivity index (χ4v) is 2.75. The molecule has 9 heteroatoms. The van der Waals surface area contributed by atoms with Crippen molar-refractivity contribution < 1.29 is 27.1 Å². The molecule has 1 aromatic rings. The van der Waals surface area contributed by atoms with Crippen molar-refractivity contribution in [3.8, 4) is 0 Å². The van der Waals surface area contributed by atoms with Gasteiger partial charge in [-0.25, -0.2) is 17.6 Å². The lowest BCUT2D eigenvalue weighted by Gasteiger charge is -2.25. The van der Waals surface area contributed by atoms with Gasteiger partial charge in [-0.2, -0.15) is 0 Å². The van der Waals surface area contributed by atoms with Crippen LogP contribution in [0.5, 0.6) is 0 Å². The van der Waals surface area contributed by atoms with Crippen molar-refractivity contribution in [1.82, 2.24) is 0 Å². The Labute approximate surface area is 121 Å². The molecule has 0 aromatic heterocycles. The van der Waals surface area contributed by atoms with Crippen molar-refractivity contribution in [3.05, 3.63) is 28.0 Å². The Morgan fingerprint density at radius 1 is 1.47 bits per heavy atom. The fourth-order valence-electron chi connectivity index (χ4n) is 1.37. The molecule has 1 fully saturated rings. The first-order valence-corrected chi connectivity index (χ1v) is 8.11. The van der Waals surface area contributed by atoms with Gasteiger partial charge in [0, 0.05) is 15.2 Å². The number of esters is 1. The Morgan fingerprint density at radius 3 is 2.58 bits per heavy atom. The average molecular weight is 374 g/mol. The summed E-state index contributed by atoms with van der Waals surface area (Å²) in [5, 5.41) is 0. The van der Waals surface area contributed by atoms with Gasteiger partial charge in [0.05, 0.1) is 18.8 Å². The van der Waals surface area contributed by atoms with Crippen LogP contribution in [0.3, 0.4) is 0 Å². The molecule has 1 saturated heterocycles. The predicted octanol–water partition coefficient (Wildman–Crippen LogP) is 2.07. The highest BCUT2D eigenvalue weighted by Crippen LogP contribution is 2.27. The second kappa shape index (κ2) is 5.35. The summed E-state index contributed by atoms with van der Waals surface area (Å²) in [6.07, 6.45) is -0.375. The fraction of sp³-hybridized carbons (Fsp3) is 0.300. The number of carbonyl (C=O) groups is 1. The van der Waals surface area contributed by atoms with E-state index in [1.54, 1.807) is 0 Å². The van der Waals surface area contributed by atoms with E-state index in [4.69, 9.17) is 20.2 Å². The lowest BCUT2D eigenvalue weighted by Crippen LogP contribution is -2.37. The van der Waals surface area contributed by atoms with Gasteiger partial charge in [0.2, 0.25) is 0 Å². The molecular formula is C10H7BrClFO5S. The van der Waals surface area contributed by atoms with E-state index in [-0.39, 0.29) is 29.4 Å². The Hall–Kier alpha value is -0.700. The molecule has 5 nitrogen and oxygen atoms in total. The average Bonchev–Trinajstić information content (AvgIpc) is 2.21. The summed E-state index contributed by atoms with van der Waals surface area (Å²) in [6.45, 7) is 0.566. The van der Waals surface area contributed by atoms with Crippen LogP contribution in [0.25, 0.3) is 0 Å². The predicted molar refractivity (Wildman–Crippen MR) is 67.2 cm³/mol. The lowest BCUT2D eigenvalue weighted by molar-refractivity contribution is -0.103. The first kappa shape index (κ1) is 14.7. The first-order chi connectivity index (χ1) is 8.79. The molecule has 19 heavy (non-hydrogen) atoms. The monoisotopic (exact) mass is 372 g/mol. The quantitative estimate of drug-likeness (QED) is 0.599. The Kier molecular flexibility index (Phi) is 4.14. The maximum atomic E-state index is 13.5. The van der Waals surface area contributed by atoms with E-state index >= 15 is 0 Å². The van der Waals surface area contributed by atoms with Gasteiger partial charge in [0.25, 0.3) is 9.05 Å². The zero-order valence-electron chi connectivity index (χ0n) is 9.23. The van der Waals surface area contributed by atoms with Gasteiger partial charge in [-0.3, -0.25) is 0 Å². The van der Waals surface area contributed by atoms with Crippen LogP contribution in [0.2, 0.25) is 0 Å². The van der Waals surface area contributed by atoms with Crippen molar-refractivity contribution in [3.63, 3.8) is 0 Å². The molecule has 0 radical (unpaired) electrons. The topological polar surface area (TPSA) is 69.7 Å². The molecule has 2 rings (SSSR count). The molecule has 0 saturated carbocycles. The van der Waals surface area contributed by atoms with E-state index in [1.807, 2.05) is 0 Å². The van der Waals surface area contributed by atoms with Gasteiger partial charge in [-0.1, -0.05) is 0 Å². The molecule has 1 aliphatic rings. The van der Waals surface area contributed by atoms with Crippen LogP contribution in [-0.2, 0) is 18.5 Å². The van der Waals surface area contributed by atoms with E-state index in [9.17, 15) is 17.6 Å². The molecule has 0 atom stereocenters. The van der Waals surface area contributed by atoms with Crippen LogP contribution in [0.1, 0.15) is 10.4 Å². The summed E-state index contributed by atoms with van der Waals surface area (Å²) in [7, 11) is 0.799. The molecule has 0 N–H and O–H groups in total. The highest BCUT2D eigenvalue weighted by Gasteiger charge is 2.27. The van der Waals surface area contributed by atoms with Crippen LogP contribution in [0.4, 0.5) is 4.39 Å². The van der Waals surface area contributed by atoms with Crippen LogP contribution in [-0.4, -0.2) is 33.7 Å². The summed E-state index contributed by atoms with van der Waals surface area (Å²) < 4.78 is 45.7. The highest BCUT2D eigenvalue weighted by atomic mass is 79.9. The maximum absolute atomic E-state index is 13.5. The second-order valence-corrected chi connectivity index (χ2v) is 7.15. The zero-order chi connectivity index (χ0) is 14.2. The minimum absolute atomic E-state index is 0.0827. The maximum Gasteiger partial charge on any atom is 0.339 e. The molecule has 0 aliphatic carbocycles. The summed E-state index contributed by atoms with van der Waals surface area (Å²) in [4.78, 5) is 11.0. The van der Waals surface area contributed by atoms with Gasteiger partial charge in [-0.05, 0) is 28.1 Å². The number of benzene rings is 1. The van der Waals surface area contributed by atoms with Gasteiger partial charge in [0.1, 0.15) is 16.8 Å². The molecule has 0 amide bonds. The van der Waals surface area contributed by atoms with Crippen molar-refractivity contribution in [2.75, 3.05) is 13.2 Å². The molecule has 1 aliphatic heterocycles. The van der Waals surface area contributed by atoms with E-state index < -0.39 is 25.7 Å². The smallest absolute Gasteiger partial charge is 0.339 e. The summed E-state index contributed by atoms with van der Waals surface area (Å²) >= 11 is 2.97. The third-order valence-electron chi connectivity index (χ3n) is 2.39. The molecule has 1 aromatic carbocycles. The van der Waals surface area contributed by atoms with Gasteiger partial charge in [-0.15, -0.1) is 0 Å². The number of carbonyl (C=O) groups excluding carboxylic acids is 1. The lowest BCUT2D eigenvalue weighted by atomic mass is 10.2. The number of ether oxygens (including phenoxy) is 2. The van der Waals surface area contributed by atoms with Crippen molar-refractivity contribution in [2.24, 2.45) is 0 Å². The summed E-state index contributed by atoms with van der Waals surface area (Å²) in [5.74, 6) is -1.83. The molecule has 0 bridgehead atoms. The standard InChI is InChI=1S/C10H7BrClFO5S/c11-7-2-8(13)9(19(12,15)16)1-6(7)10(14)18-5-3-17-4-5/h1-2,5H,3-4H2. The van der Waals surface area contributed by atoms with Crippen molar-refractivity contribution in [1.29, 1.82) is 0 Å². The van der Waals surface area contributed by atoms with Crippen LogP contribution in [0.15, 0.2) is 21.5 Å². The van der Waals surface area contributed by atoms with Crippen molar-refractivity contribution in [2.45, 2.75) is 11.0 Å². The number of rotatable bonds is 3. The second-order valence-electron chi connectivity index (χ2n) is 3.77.